The van der Waals surface area contributed by atoms with Crippen LogP contribution in [-0.2, 0) is 6.42 Å². The number of hydrogen-bond acceptors (Lipinski definition) is 3. The molecule has 1 saturated heterocycles. The summed E-state index contributed by atoms with van der Waals surface area (Å²) in [6.45, 7) is 6.29. The van der Waals surface area contributed by atoms with Gasteiger partial charge in [0.25, 0.3) is 0 Å². The van der Waals surface area contributed by atoms with Crippen LogP contribution in [0.25, 0.3) is 0 Å². The smallest absolute Gasteiger partial charge is 0.132 e. The molecule has 0 amide bonds. The summed E-state index contributed by atoms with van der Waals surface area (Å²) in [6.07, 6.45) is 3.31. The quantitative estimate of drug-likeness (QED) is 0.773. The molecule has 0 bridgehead atoms. The number of rotatable bonds is 4. The predicted octanol–water partition coefficient (Wildman–Crippen LogP) is 2.80. The van der Waals surface area contributed by atoms with Crippen LogP contribution in [-0.4, -0.2) is 28.9 Å². The Kier molecular flexibility index (Phi) is 4.21. The van der Waals surface area contributed by atoms with Gasteiger partial charge in [-0.1, -0.05) is 6.92 Å². The van der Waals surface area contributed by atoms with Crippen molar-refractivity contribution in [2.75, 3.05) is 23.9 Å². The van der Waals surface area contributed by atoms with Crippen molar-refractivity contribution < 1.29 is 0 Å². The molecule has 1 aliphatic heterocycles. The van der Waals surface area contributed by atoms with Gasteiger partial charge in [-0.25, -0.2) is 9.97 Å². The highest BCUT2D eigenvalue weighted by molar-refractivity contribution is 6.17. The fourth-order valence-electron chi connectivity index (χ4n) is 2.39. The van der Waals surface area contributed by atoms with Gasteiger partial charge in [0.2, 0.25) is 0 Å². The number of nitrogens with zero attached hydrogens (tertiary/aromatic N) is 3. The van der Waals surface area contributed by atoms with Gasteiger partial charge in [-0.05, 0) is 32.1 Å². The highest BCUT2D eigenvalue weighted by atomic mass is 35.5. The maximum Gasteiger partial charge on any atom is 0.132 e. The van der Waals surface area contributed by atoms with E-state index in [4.69, 9.17) is 11.6 Å². The molecule has 1 fully saturated rings. The van der Waals surface area contributed by atoms with Gasteiger partial charge in [0.05, 0.1) is 0 Å². The van der Waals surface area contributed by atoms with Crippen LogP contribution in [0.5, 0.6) is 0 Å². The summed E-state index contributed by atoms with van der Waals surface area (Å²) in [6, 6.07) is 2.12. The van der Waals surface area contributed by atoms with E-state index in [2.05, 4.69) is 27.9 Å². The highest BCUT2D eigenvalue weighted by Gasteiger charge is 2.23. The Morgan fingerprint density at radius 1 is 1.47 bits per heavy atom. The third kappa shape index (κ3) is 3.09. The van der Waals surface area contributed by atoms with Gasteiger partial charge in [0.15, 0.2) is 0 Å². The van der Waals surface area contributed by atoms with Crippen LogP contribution < -0.4 is 4.90 Å². The lowest BCUT2D eigenvalue weighted by atomic mass is 10.1. The molecule has 0 spiro atoms. The summed E-state index contributed by atoms with van der Waals surface area (Å²) in [5.74, 6) is 3.46. The Morgan fingerprint density at radius 3 is 3.00 bits per heavy atom. The maximum absolute atomic E-state index is 5.80. The Labute approximate surface area is 108 Å². The number of aryl methyl sites for hydroxylation is 2. The lowest BCUT2D eigenvalue weighted by molar-refractivity contribution is 0.572. The molecule has 1 atom stereocenters. The molecule has 1 aliphatic rings. The summed E-state index contributed by atoms with van der Waals surface area (Å²) >= 11 is 5.80. The Morgan fingerprint density at radius 2 is 2.29 bits per heavy atom. The molecule has 3 nitrogen and oxygen atoms in total. The number of hydrogen-bond donors (Lipinski definition) is 0. The van der Waals surface area contributed by atoms with Gasteiger partial charge in [-0.15, -0.1) is 11.6 Å². The first-order chi connectivity index (χ1) is 8.22. The van der Waals surface area contributed by atoms with Gasteiger partial charge in [-0.3, -0.25) is 0 Å². The van der Waals surface area contributed by atoms with Crippen LogP contribution in [0.15, 0.2) is 6.07 Å². The van der Waals surface area contributed by atoms with Gasteiger partial charge >= 0.3 is 0 Å². The fourth-order valence-corrected chi connectivity index (χ4v) is 2.69. The molecule has 0 aliphatic carbocycles. The molecule has 17 heavy (non-hydrogen) atoms. The molecule has 0 saturated carbocycles. The second kappa shape index (κ2) is 5.67. The van der Waals surface area contributed by atoms with Crippen molar-refractivity contribution in [3.8, 4) is 0 Å². The molecule has 4 heteroatoms. The minimum Gasteiger partial charge on any atom is -0.356 e. The van der Waals surface area contributed by atoms with Gasteiger partial charge < -0.3 is 4.90 Å². The van der Waals surface area contributed by atoms with E-state index in [0.29, 0.717) is 0 Å². The zero-order valence-electron chi connectivity index (χ0n) is 10.6. The first-order valence-electron chi connectivity index (χ1n) is 6.38. The molecule has 1 unspecified atom stereocenters. The lowest BCUT2D eigenvalue weighted by Crippen LogP contribution is -2.21. The molecular weight excluding hydrogens is 234 g/mol. The van der Waals surface area contributed by atoms with Crippen molar-refractivity contribution >= 4 is 17.4 Å². The second-order valence-electron chi connectivity index (χ2n) is 4.70. The standard InChI is InChI=1S/C13H20ClN3/c1-3-12-8-13(16-10(2)15-12)17-7-5-11(9-17)4-6-14/h8,11H,3-7,9H2,1-2H3. The molecular formula is C13H20ClN3. The Balaban J connectivity index is 2.10. The topological polar surface area (TPSA) is 29.0 Å². The monoisotopic (exact) mass is 253 g/mol. The van der Waals surface area contributed by atoms with Crippen LogP contribution in [0.3, 0.4) is 0 Å². The SMILES string of the molecule is CCc1cc(N2CCC(CCCl)C2)nc(C)n1. The van der Waals surface area contributed by atoms with Crippen LogP contribution in [0.2, 0.25) is 0 Å². The molecule has 2 rings (SSSR count). The molecule has 1 aromatic rings. The Hall–Kier alpha value is -0.830. The average molecular weight is 254 g/mol. The third-order valence-electron chi connectivity index (χ3n) is 3.37. The molecule has 0 radical (unpaired) electrons. The molecule has 1 aromatic heterocycles. The predicted molar refractivity (Wildman–Crippen MR) is 71.8 cm³/mol. The maximum atomic E-state index is 5.80. The Bertz CT molecular complexity index is 381. The fraction of sp³-hybridized carbons (Fsp3) is 0.692. The van der Waals surface area contributed by atoms with Crippen molar-refractivity contribution in [3.05, 3.63) is 17.6 Å². The minimum atomic E-state index is 0.729. The summed E-state index contributed by atoms with van der Waals surface area (Å²) in [7, 11) is 0. The normalized spacial score (nSPS) is 19.9. The minimum absolute atomic E-state index is 0.729. The molecule has 0 aromatic carbocycles. The number of halogens is 1. The summed E-state index contributed by atoms with van der Waals surface area (Å²) in [5.41, 5.74) is 1.13. The molecule has 2 heterocycles. The zero-order valence-corrected chi connectivity index (χ0v) is 11.4. The summed E-state index contributed by atoms with van der Waals surface area (Å²) < 4.78 is 0. The van der Waals surface area contributed by atoms with E-state index in [1.807, 2.05) is 6.92 Å². The van der Waals surface area contributed by atoms with E-state index >= 15 is 0 Å². The number of alkyl halides is 1. The number of aromatic nitrogens is 2. The summed E-state index contributed by atoms with van der Waals surface area (Å²) in [5, 5.41) is 0. The van der Waals surface area contributed by atoms with E-state index < -0.39 is 0 Å². The molecule has 94 valence electrons. The average Bonchev–Trinajstić information content (AvgIpc) is 2.77. The van der Waals surface area contributed by atoms with E-state index in [1.165, 1.54) is 6.42 Å². The summed E-state index contributed by atoms with van der Waals surface area (Å²) in [4.78, 5) is 11.3. The van der Waals surface area contributed by atoms with Crippen molar-refractivity contribution in [2.24, 2.45) is 5.92 Å². The number of anilines is 1. The van der Waals surface area contributed by atoms with Crippen molar-refractivity contribution in [1.82, 2.24) is 9.97 Å². The first kappa shape index (κ1) is 12.6. The van der Waals surface area contributed by atoms with E-state index in [-0.39, 0.29) is 0 Å². The first-order valence-corrected chi connectivity index (χ1v) is 6.92. The van der Waals surface area contributed by atoms with Gasteiger partial charge in [-0.2, -0.15) is 0 Å². The van der Waals surface area contributed by atoms with E-state index in [1.54, 1.807) is 0 Å². The highest BCUT2D eigenvalue weighted by Crippen LogP contribution is 2.25. The van der Waals surface area contributed by atoms with Crippen molar-refractivity contribution in [3.63, 3.8) is 0 Å². The molecule has 0 N–H and O–H groups in total. The van der Waals surface area contributed by atoms with E-state index in [9.17, 15) is 0 Å². The van der Waals surface area contributed by atoms with Crippen molar-refractivity contribution in [2.45, 2.75) is 33.1 Å². The van der Waals surface area contributed by atoms with Gasteiger partial charge in [0.1, 0.15) is 11.6 Å². The van der Waals surface area contributed by atoms with Crippen LogP contribution in [0.1, 0.15) is 31.3 Å². The largest absolute Gasteiger partial charge is 0.356 e. The van der Waals surface area contributed by atoms with Crippen LogP contribution in [0, 0.1) is 12.8 Å². The van der Waals surface area contributed by atoms with Gasteiger partial charge in [0, 0.05) is 30.7 Å². The second-order valence-corrected chi connectivity index (χ2v) is 5.07. The third-order valence-corrected chi connectivity index (χ3v) is 3.59. The van der Waals surface area contributed by atoms with Crippen molar-refractivity contribution in [1.29, 1.82) is 0 Å². The van der Waals surface area contributed by atoms with Crippen LogP contribution >= 0.6 is 11.6 Å². The van der Waals surface area contributed by atoms with Crippen LogP contribution in [0.4, 0.5) is 5.82 Å². The zero-order chi connectivity index (χ0) is 12.3. The van der Waals surface area contributed by atoms with E-state index in [0.717, 1.165) is 55.1 Å². The lowest BCUT2D eigenvalue weighted by Gasteiger charge is -2.18.